The number of rotatable bonds is 8. The highest BCUT2D eigenvalue weighted by atomic mass is 15.0. The van der Waals surface area contributed by atoms with Crippen LogP contribution in [0.4, 0.5) is 0 Å². The first-order valence-electron chi connectivity index (χ1n) is 55.6. The van der Waals surface area contributed by atoms with Crippen molar-refractivity contribution in [3.05, 3.63) is 427 Å². The number of benzene rings is 16. The Morgan fingerprint density at radius 1 is 0.164 bits per heavy atom. The summed E-state index contributed by atoms with van der Waals surface area (Å²) in [5.41, 5.74) is 49.4. The zero-order valence-corrected chi connectivity index (χ0v) is 96.6. The maximum Gasteiger partial charge on any atom is 0.0577 e. The molecule has 24 rings (SSSR count). The summed E-state index contributed by atoms with van der Waals surface area (Å²) in [5.74, 6) is 0. The molecule has 0 spiro atoms. The van der Waals surface area contributed by atoms with Crippen molar-refractivity contribution in [1.29, 1.82) is 0 Å². The maximum atomic E-state index is 2.56. The van der Waals surface area contributed by atoms with E-state index in [0.717, 1.165) is 26.2 Å². The van der Waals surface area contributed by atoms with E-state index < -0.39 is 0 Å². The third kappa shape index (κ3) is 21.9. The zero-order chi connectivity index (χ0) is 107. The summed E-state index contributed by atoms with van der Waals surface area (Å²) < 4.78 is 10.1. The zero-order valence-electron chi connectivity index (χ0n) is 96.6. The molecule has 0 amide bonds. The lowest BCUT2D eigenvalue weighted by molar-refractivity contribution is 0.660. The van der Waals surface area contributed by atoms with Gasteiger partial charge in [-0.2, -0.15) is 0 Å². The summed E-state index contributed by atoms with van der Waals surface area (Å²) in [5, 5.41) is 10.8. The van der Waals surface area contributed by atoms with Crippen LogP contribution in [0.1, 0.15) is 319 Å². The standard InChI is InChI=1S/4C30H27N.11C2H6/c1-19-15-20(2)17-21(16-19)18-31-27-12-8-6-9-22(27)23-13-14-26-28(29(23)31)24-10-5-7-11-25(24)30(26,3)4;1-19-13-20(2)15-21(14-19)18-31-28-12-8-6-10-23(28)25-16-27-24(17-29(25)31)22-9-5-7-11-26(22)30(27,3)4;1-19-13-20(2)15-21(14-19)18-31-28-12-8-6-10-23(28)25-16-24-22-9-5-7-11-26(22)30(3,4)27(24)17-29(25)31;1-19-15-20(2)17-21(16-19)18-31-27-12-8-6-10-23(27)25-14-13-24-22-9-5-7-11-26(22)30(3,4)28(24)29(25)31;11*1-2/h4*5-17H,18H2,1-4H3;11*1-2H3. The van der Waals surface area contributed by atoms with Gasteiger partial charge in [0.1, 0.15) is 0 Å². The monoisotopic (exact) mass is 1940 g/mol. The van der Waals surface area contributed by atoms with Gasteiger partial charge in [-0.3, -0.25) is 0 Å². The van der Waals surface area contributed by atoms with Crippen LogP contribution in [0.5, 0.6) is 0 Å². The molecule has 0 N–H and O–H groups in total. The normalized spacial score (nSPS) is 12.5. The molecule has 4 aliphatic carbocycles. The summed E-state index contributed by atoms with van der Waals surface area (Å²) in [4.78, 5) is 0. The van der Waals surface area contributed by atoms with Crippen LogP contribution in [0.2, 0.25) is 0 Å². The molecule has 4 heterocycles. The predicted molar refractivity (Wildman–Crippen MR) is 653 cm³/mol. The van der Waals surface area contributed by atoms with E-state index in [1.165, 1.54) is 243 Å². The van der Waals surface area contributed by atoms with Crippen LogP contribution in [-0.2, 0) is 47.8 Å². The van der Waals surface area contributed by atoms with Gasteiger partial charge in [-0.1, -0.05) is 519 Å². The Hall–Kier alpha value is -13.3. The Labute approximate surface area is 881 Å². The number of para-hydroxylation sites is 4. The first kappa shape index (κ1) is 115. The fourth-order valence-electron chi connectivity index (χ4n) is 23.3. The second kappa shape index (κ2) is 50.7. The summed E-state index contributed by atoms with van der Waals surface area (Å²) in [7, 11) is 0. The van der Waals surface area contributed by atoms with E-state index in [1.807, 2.05) is 152 Å². The lowest BCUT2D eigenvalue weighted by Crippen LogP contribution is -2.17. The number of aromatic nitrogens is 4. The Morgan fingerprint density at radius 3 is 0.795 bits per heavy atom. The van der Waals surface area contributed by atoms with Crippen LogP contribution < -0.4 is 0 Å². The number of hydrogen-bond acceptors (Lipinski definition) is 0. The van der Waals surface area contributed by atoms with Crippen LogP contribution in [0, 0.1) is 55.4 Å². The minimum absolute atomic E-state index is 0.0152. The van der Waals surface area contributed by atoms with Crippen molar-refractivity contribution < 1.29 is 0 Å². The average molecular weight is 1940 g/mol. The van der Waals surface area contributed by atoms with E-state index in [4.69, 9.17) is 0 Å². The molecular weight excluding hydrogens is 1760 g/mol. The van der Waals surface area contributed by atoms with Gasteiger partial charge in [0.05, 0.1) is 16.6 Å². The Bertz CT molecular complexity index is 7710. The van der Waals surface area contributed by atoms with Gasteiger partial charge in [0.2, 0.25) is 0 Å². The van der Waals surface area contributed by atoms with Gasteiger partial charge in [0.25, 0.3) is 0 Å². The number of nitrogens with zero attached hydrogens (tertiary/aromatic N) is 4. The predicted octanol–water partition coefficient (Wildman–Crippen LogP) is 42.4. The SMILES string of the molecule is CC.CC.CC.CC.CC.CC.CC.CC.CC.CC.CC.Cc1cc(C)cc(Cn2c3ccccc3c3cc4c(cc32)-c2ccccc2C4(C)C)c1.Cc1cc(C)cc(Cn2c3ccccc3c3cc4c(cc32)C(C)(C)c2ccccc2-4)c1.Cc1cc(C)cc(Cn2c3ccccc3c3ccc4c(c32)-c2ccccc2C4(C)C)c1.Cc1cc(C)cc(Cn2c3ccccc3c3ccc4c(c32)C(C)(C)c2ccccc2-4)c1. The van der Waals surface area contributed by atoms with E-state index in [9.17, 15) is 0 Å². The summed E-state index contributed by atoms with van der Waals surface area (Å²) >= 11 is 0. The first-order valence-corrected chi connectivity index (χ1v) is 55.6. The van der Waals surface area contributed by atoms with E-state index in [0.29, 0.717) is 0 Å². The van der Waals surface area contributed by atoms with Crippen molar-refractivity contribution in [3.8, 4) is 44.5 Å². The van der Waals surface area contributed by atoms with Crippen LogP contribution in [0.25, 0.3) is 132 Å². The lowest BCUT2D eigenvalue weighted by Gasteiger charge is -2.23. The van der Waals surface area contributed by atoms with Gasteiger partial charge < -0.3 is 18.3 Å². The molecule has 146 heavy (non-hydrogen) atoms. The molecule has 4 nitrogen and oxygen atoms in total. The van der Waals surface area contributed by atoms with Crippen molar-refractivity contribution in [2.75, 3.05) is 0 Å². The summed E-state index contributed by atoms with van der Waals surface area (Å²) in [6, 6.07) is 118. The van der Waals surface area contributed by atoms with Gasteiger partial charge in [-0.05, 0) is 210 Å². The van der Waals surface area contributed by atoms with Crippen LogP contribution in [-0.4, -0.2) is 18.3 Å². The van der Waals surface area contributed by atoms with Gasteiger partial charge in [-0.25, -0.2) is 0 Å². The molecular formula is C142H174N4. The van der Waals surface area contributed by atoms with Crippen molar-refractivity contribution in [2.45, 2.75) is 311 Å². The number of hydrogen-bond donors (Lipinski definition) is 0. The smallest absolute Gasteiger partial charge is 0.0577 e. The van der Waals surface area contributed by atoms with Crippen molar-refractivity contribution in [2.24, 2.45) is 0 Å². The Kier molecular flexibility index (Phi) is 39.8. The lowest BCUT2D eigenvalue weighted by atomic mass is 9.81. The highest BCUT2D eigenvalue weighted by Crippen LogP contribution is 2.57. The second-order valence-electron chi connectivity index (χ2n) is 38.7. The molecule has 4 aromatic heterocycles. The molecule has 16 aromatic carbocycles. The first-order chi connectivity index (χ1) is 70.8. The van der Waals surface area contributed by atoms with E-state index >= 15 is 0 Å². The Balaban J connectivity index is 0.000000187. The molecule has 4 heteroatoms. The minimum Gasteiger partial charge on any atom is -0.336 e. The van der Waals surface area contributed by atoms with Crippen LogP contribution >= 0.6 is 0 Å². The molecule has 20 aromatic rings. The largest absolute Gasteiger partial charge is 0.336 e. The van der Waals surface area contributed by atoms with E-state index in [2.05, 4.69) is 444 Å². The van der Waals surface area contributed by atoms with Gasteiger partial charge in [0, 0.05) is 124 Å². The molecule has 0 fully saturated rings. The van der Waals surface area contributed by atoms with Gasteiger partial charge >= 0.3 is 0 Å². The molecule has 0 aliphatic heterocycles. The van der Waals surface area contributed by atoms with E-state index in [-0.39, 0.29) is 21.7 Å². The third-order valence-corrected chi connectivity index (χ3v) is 28.4. The van der Waals surface area contributed by atoms with Crippen molar-refractivity contribution >= 4 is 87.2 Å². The summed E-state index contributed by atoms with van der Waals surface area (Å²) in [6.07, 6.45) is 0. The molecule has 4 aliphatic rings. The average Bonchev–Trinajstić information content (AvgIpc) is 1.59. The molecule has 762 valence electrons. The highest BCUT2D eigenvalue weighted by Gasteiger charge is 2.42. The molecule has 0 saturated carbocycles. The number of aryl methyl sites for hydroxylation is 8. The summed E-state index contributed by atoms with van der Waals surface area (Å²) in [6.45, 7) is 84.0. The second-order valence-corrected chi connectivity index (χ2v) is 38.7. The van der Waals surface area contributed by atoms with Crippen molar-refractivity contribution in [1.82, 2.24) is 18.3 Å². The molecule has 0 bridgehead atoms. The van der Waals surface area contributed by atoms with Crippen LogP contribution in [0.15, 0.2) is 315 Å². The topological polar surface area (TPSA) is 19.7 Å². The third-order valence-electron chi connectivity index (χ3n) is 28.4. The van der Waals surface area contributed by atoms with Gasteiger partial charge in [0.15, 0.2) is 0 Å². The fraction of sp³-hybridized carbons (Fsp3) is 0.324. The number of fused-ring (bicyclic) bond motifs is 26. The molecule has 0 radical (unpaired) electrons. The van der Waals surface area contributed by atoms with Crippen molar-refractivity contribution in [3.63, 3.8) is 0 Å². The highest BCUT2D eigenvalue weighted by molar-refractivity contribution is 6.16. The van der Waals surface area contributed by atoms with Gasteiger partial charge in [-0.15, -0.1) is 0 Å². The molecule has 0 unspecified atom stereocenters. The van der Waals surface area contributed by atoms with Crippen LogP contribution in [0.3, 0.4) is 0 Å². The molecule has 0 atom stereocenters. The molecule has 0 saturated heterocycles. The maximum absolute atomic E-state index is 2.56. The fourth-order valence-corrected chi connectivity index (χ4v) is 23.3. The Morgan fingerprint density at radius 2 is 0.418 bits per heavy atom. The quantitative estimate of drug-likeness (QED) is 0.144. The van der Waals surface area contributed by atoms with E-state index in [1.54, 1.807) is 0 Å². The minimum atomic E-state index is -0.0277.